The molecule has 25 heavy (non-hydrogen) atoms. The van der Waals surface area contributed by atoms with Crippen molar-refractivity contribution in [2.24, 2.45) is 0 Å². The maximum absolute atomic E-state index is 13.6. The number of benzene rings is 2. The molecule has 0 aliphatic carbocycles. The molecule has 4 nitrogen and oxygen atoms in total. The molecule has 1 aliphatic rings. The van der Waals surface area contributed by atoms with Crippen molar-refractivity contribution in [3.05, 3.63) is 52.6 Å². The zero-order chi connectivity index (χ0) is 18.0. The smallest absolute Gasteiger partial charge is 0.237 e. The van der Waals surface area contributed by atoms with Gasteiger partial charge in [-0.05, 0) is 36.8 Å². The molecule has 0 radical (unpaired) electrons. The van der Waals surface area contributed by atoms with Crippen molar-refractivity contribution in [3.63, 3.8) is 0 Å². The summed E-state index contributed by atoms with van der Waals surface area (Å²) in [6.07, 6.45) is 0. The molecule has 2 aromatic carbocycles. The van der Waals surface area contributed by atoms with Crippen LogP contribution in [0.4, 0.5) is 14.5 Å². The molecule has 0 bridgehead atoms. The van der Waals surface area contributed by atoms with Gasteiger partial charge in [0.15, 0.2) is 11.5 Å². The molecule has 2 aromatic rings. The highest BCUT2D eigenvalue weighted by Gasteiger charge is 2.20. The average Bonchev–Trinajstić information content (AvgIpc) is 3.05. The fourth-order valence-electron chi connectivity index (χ4n) is 2.23. The Bertz CT molecular complexity index is 819. The molecule has 0 spiro atoms. The molecule has 132 valence electrons. The van der Waals surface area contributed by atoms with E-state index < -0.39 is 22.8 Å². The molecule has 1 amide bonds. The Morgan fingerprint density at radius 2 is 2.12 bits per heavy atom. The van der Waals surface area contributed by atoms with Gasteiger partial charge in [0.25, 0.3) is 0 Å². The summed E-state index contributed by atoms with van der Waals surface area (Å²) in [4.78, 5) is 12.2. The Morgan fingerprint density at radius 3 is 2.92 bits per heavy atom. The van der Waals surface area contributed by atoms with Gasteiger partial charge in [-0.25, -0.2) is 8.78 Å². The van der Waals surface area contributed by atoms with Gasteiger partial charge in [-0.1, -0.05) is 11.6 Å². The van der Waals surface area contributed by atoms with E-state index in [1.165, 1.54) is 11.8 Å². The molecule has 0 saturated heterocycles. The summed E-state index contributed by atoms with van der Waals surface area (Å²) in [7, 11) is 0. The van der Waals surface area contributed by atoms with E-state index in [4.69, 9.17) is 21.1 Å². The number of ether oxygens (including phenoxy) is 2. The molecule has 0 fully saturated rings. The highest BCUT2D eigenvalue weighted by Crippen LogP contribution is 2.40. The number of hydrogen-bond acceptors (Lipinski definition) is 4. The van der Waals surface area contributed by atoms with Gasteiger partial charge in [-0.3, -0.25) is 4.79 Å². The number of hydrogen-bond donors (Lipinski definition) is 1. The lowest BCUT2D eigenvalue weighted by Crippen LogP contribution is -2.23. The summed E-state index contributed by atoms with van der Waals surface area (Å²) in [5.74, 6) is -0.135. The first kappa shape index (κ1) is 17.8. The van der Waals surface area contributed by atoms with E-state index in [9.17, 15) is 13.6 Å². The SMILES string of the molecule is CC(SCc1cc(Cl)c2c(c1)OCO2)C(=O)Nc1cc(F)ccc1F. The first-order valence-corrected chi connectivity index (χ1v) is 8.82. The number of rotatable bonds is 5. The number of halogens is 3. The molecule has 0 aromatic heterocycles. The van der Waals surface area contributed by atoms with E-state index in [1.54, 1.807) is 19.1 Å². The third kappa shape index (κ3) is 4.16. The molecule has 1 heterocycles. The molecule has 0 saturated carbocycles. The lowest BCUT2D eigenvalue weighted by Gasteiger charge is -2.13. The van der Waals surface area contributed by atoms with Gasteiger partial charge in [0.2, 0.25) is 12.7 Å². The van der Waals surface area contributed by atoms with Gasteiger partial charge >= 0.3 is 0 Å². The van der Waals surface area contributed by atoms with Crippen molar-refractivity contribution >= 4 is 35.0 Å². The van der Waals surface area contributed by atoms with Crippen LogP contribution in [0.25, 0.3) is 0 Å². The van der Waals surface area contributed by atoms with Crippen LogP contribution in [0.2, 0.25) is 5.02 Å². The largest absolute Gasteiger partial charge is 0.454 e. The second-order valence-corrected chi connectivity index (χ2v) is 7.11. The van der Waals surface area contributed by atoms with Crippen molar-refractivity contribution in [2.75, 3.05) is 12.1 Å². The van der Waals surface area contributed by atoms with E-state index >= 15 is 0 Å². The predicted octanol–water partition coefficient (Wildman–Crippen LogP) is 4.61. The van der Waals surface area contributed by atoms with Gasteiger partial charge in [0.1, 0.15) is 11.6 Å². The molecular formula is C17H14ClF2NO3S. The Morgan fingerprint density at radius 1 is 1.32 bits per heavy atom. The van der Waals surface area contributed by atoms with Crippen LogP contribution in [0.15, 0.2) is 30.3 Å². The van der Waals surface area contributed by atoms with Crippen LogP contribution in [-0.4, -0.2) is 18.0 Å². The average molecular weight is 386 g/mol. The second-order valence-electron chi connectivity index (χ2n) is 5.38. The summed E-state index contributed by atoms with van der Waals surface area (Å²) >= 11 is 7.46. The third-order valence-electron chi connectivity index (χ3n) is 3.54. The Kier molecular flexibility index (Phi) is 5.34. The summed E-state index contributed by atoms with van der Waals surface area (Å²) in [5, 5.41) is 2.36. The van der Waals surface area contributed by atoms with E-state index in [0.29, 0.717) is 22.3 Å². The summed E-state index contributed by atoms with van der Waals surface area (Å²) in [6.45, 7) is 1.81. The van der Waals surface area contributed by atoms with Crippen molar-refractivity contribution in [1.29, 1.82) is 0 Å². The van der Waals surface area contributed by atoms with Gasteiger partial charge in [-0.2, -0.15) is 0 Å². The second kappa shape index (κ2) is 7.49. The van der Waals surface area contributed by atoms with E-state index in [0.717, 1.165) is 23.8 Å². The van der Waals surface area contributed by atoms with E-state index in [2.05, 4.69) is 5.32 Å². The normalized spacial score (nSPS) is 13.6. The molecule has 1 aliphatic heterocycles. The summed E-state index contributed by atoms with van der Waals surface area (Å²) in [5.41, 5.74) is 0.694. The van der Waals surface area contributed by atoms with Crippen molar-refractivity contribution < 1.29 is 23.0 Å². The fraction of sp³-hybridized carbons (Fsp3) is 0.235. The zero-order valence-electron chi connectivity index (χ0n) is 13.1. The Balaban J connectivity index is 1.60. The lowest BCUT2D eigenvalue weighted by atomic mass is 10.2. The van der Waals surface area contributed by atoms with Crippen molar-refractivity contribution in [1.82, 2.24) is 0 Å². The standard InChI is InChI=1S/C17H14ClF2NO3S/c1-9(17(22)21-14-6-11(19)2-3-13(14)20)25-7-10-4-12(18)16-15(5-10)23-8-24-16/h2-6,9H,7-8H2,1H3,(H,21,22). The van der Waals surface area contributed by atoms with E-state index in [1.807, 2.05) is 0 Å². The van der Waals surface area contributed by atoms with Gasteiger partial charge in [-0.15, -0.1) is 11.8 Å². The maximum atomic E-state index is 13.6. The zero-order valence-corrected chi connectivity index (χ0v) is 14.7. The number of anilines is 1. The Labute approximate surface area is 152 Å². The summed E-state index contributed by atoms with van der Waals surface area (Å²) in [6, 6.07) is 6.46. The number of carbonyl (C=O) groups excluding carboxylic acids is 1. The third-order valence-corrected chi connectivity index (χ3v) is 5.04. The number of amides is 1. The monoisotopic (exact) mass is 385 g/mol. The van der Waals surface area contributed by atoms with Gasteiger partial charge in [0, 0.05) is 11.8 Å². The van der Waals surface area contributed by atoms with Crippen LogP contribution in [0.5, 0.6) is 11.5 Å². The minimum absolute atomic E-state index is 0.129. The van der Waals surface area contributed by atoms with Crippen molar-refractivity contribution in [3.8, 4) is 11.5 Å². The number of nitrogens with one attached hydrogen (secondary N) is 1. The first-order chi connectivity index (χ1) is 11.9. The van der Waals surface area contributed by atoms with Crippen LogP contribution in [0.1, 0.15) is 12.5 Å². The molecule has 1 atom stereocenters. The molecule has 3 rings (SSSR count). The Hall–Kier alpha value is -1.99. The summed E-state index contributed by atoms with van der Waals surface area (Å²) < 4.78 is 37.3. The van der Waals surface area contributed by atoms with Crippen molar-refractivity contribution in [2.45, 2.75) is 17.9 Å². The molecule has 8 heteroatoms. The highest BCUT2D eigenvalue weighted by atomic mass is 35.5. The number of fused-ring (bicyclic) bond motifs is 1. The van der Waals surface area contributed by atoms with Gasteiger partial charge in [0.05, 0.1) is 16.0 Å². The number of thioether (sulfide) groups is 1. The number of carbonyl (C=O) groups is 1. The van der Waals surface area contributed by atoms with Crippen LogP contribution in [0.3, 0.4) is 0 Å². The van der Waals surface area contributed by atoms with E-state index in [-0.39, 0.29) is 12.5 Å². The first-order valence-electron chi connectivity index (χ1n) is 7.39. The van der Waals surface area contributed by atoms with Crippen LogP contribution in [-0.2, 0) is 10.5 Å². The fourth-order valence-corrected chi connectivity index (χ4v) is 3.34. The van der Waals surface area contributed by atoms with Crippen LogP contribution >= 0.6 is 23.4 Å². The predicted molar refractivity (Wildman–Crippen MR) is 93.3 cm³/mol. The lowest BCUT2D eigenvalue weighted by molar-refractivity contribution is -0.115. The molecular weight excluding hydrogens is 372 g/mol. The minimum atomic E-state index is -0.686. The minimum Gasteiger partial charge on any atom is -0.454 e. The quantitative estimate of drug-likeness (QED) is 0.816. The maximum Gasteiger partial charge on any atom is 0.237 e. The van der Waals surface area contributed by atoms with Crippen LogP contribution < -0.4 is 14.8 Å². The topological polar surface area (TPSA) is 47.6 Å². The molecule has 1 N–H and O–H groups in total. The molecule has 1 unspecified atom stereocenters. The van der Waals surface area contributed by atoms with Crippen LogP contribution in [0, 0.1) is 11.6 Å². The highest BCUT2D eigenvalue weighted by molar-refractivity contribution is 7.99. The van der Waals surface area contributed by atoms with Gasteiger partial charge < -0.3 is 14.8 Å².